The minimum atomic E-state index is -0.539. The summed E-state index contributed by atoms with van der Waals surface area (Å²) in [6.07, 6.45) is 3.53. The molecule has 0 saturated carbocycles. The van der Waals surface area contributed by atoms with Gasteiger partial charge in [0.05, 0.1) is 13.2 Å². The van der Waals surface area contributed by atoms with Gasteiger partial charge in [0.25, 0.3) is 0 Å². The summed E-state index contributed by atoms with van der Waals surface area (Å²) < 4.78 is 15.1. The van der Waals surface area contributed by atoms with Gasteiger partial charge in [-0.25, -0.2) is 9.59 Å². The Morgan fingerprint density at radius 1 is 0.765 bits per heavy atom. The summed E-state index contributed by atoms with van der Waals surface area (Å²) in [5.41, 5.74) is 0. The van der Waals surface area contributed by atoms with Crippen LogP contribution in [0.5, 0.6) is 0 Å². The van der Waals surface area contributed by atoms with E-state index in [4.69, 9.17) is 13.9 Å². The second-order valence-electron chi connectivity index (χ2n) is 3.85. The highest BCUT2D eigenvalue weighted by Gasteiger charge is 2.18. The smallest absolute Gasteiger partial charge is 0.374 e. The molecule has 0 unspecified atom stereocenters. The second kappa shape index (κ2) is 5.52. The van der Waals surface area contributed by atoms with E-state index < -0.39 is 11.9 Å². The number of ether oxygens (including phenoxy) is 2. The van der Waals surface area contributed by atoms with Gasteiger partial charge in [-0.1, -0.05) is 0 Å². The van der Waals surface area contributed by atoms with Crippen LogP contribution in [0.2, 0.25) is 0 Å². The Balaban J connectivity index is 2.10. The fourth-order valence-corrected chi connectivity index (χ4v) is 1.59. The van der Waals surface area contributed by atoms with Crippen molar-refractivity contribution in [2.75, 3.05) is 13.2 Å². The SMILES string of the molecule is O=C1OCCCCCCOC(=O)c2ccc1o2. The molecule has 0 saturated heterocycles. The lowest BCUT2D eigenvalue weighted by molar-refractivity contribution is 0.0441. The van der Waals surface area contributed by atoms with Crippen molar-refractivity contribution in [3.05, 3.63) is 23.7 Å². The molecule has 0 radical (unpaired) electrons. The highest BCUT2D eigenvalue weighted by Crippen LogP contribution is 2.12. The van der Waals surface area contributed by atoms with Crippen molar-refractivity contribution in [1.82, 2.24) is 0 Å². The van der Waals surface area contributed by atoms with Crippen molar-refractivity contribution in [3.63, 3.8) is 0 Å². The first kappa shape index (κ1) is 11.7. The molecule has 17 heavy (non-hydrogen) atoms. The molecule has 0 atom stereocenters. The third-order valence-electron chi connectivity index (χ3n) is 2.51. The van der Waals surface area contributed by atoms with E-state index >= 15 is 0 Å². The van der Waals surface area contributed by atoms with E-state index in [1.165, 1.54) is 12.1 Å². The number of fused-ring (bicyclic) bond motifs is 2. The van der Waals surface area contributed by atoms with Gasteiger partial charge in [0, 0.05) is 0 Å². The third kappa shape index (κ3) is 3.09. The average Bonchev–Trinajstić information content (AvgIpc) is 2.80. The summed E-state index contributed by atoms with van der Waals surface area (Å²) in [5, 5.41) is 0. The van der Waals surface area contributed by atoms with Crippen LogP contribution in [-0.4, -0.2) is 25.2 Å². The molecule has 2 rings (SSSR count). The topological polar surface area (TPSA) is 65.7 Å². The maximum Gasteiger partial charge on any atom is 0.374 e. The molecule has 1 aromatic rings. The minimum absolute atomic E-state index is 0.0381. The molecule has 1 aromatic heterocycles. The summed E-state index contributed by atoms with van der Waals surface area (Å²) in [6.45, 7) is 0.757. The highest BCUT2D eigenvalue weighted by molar-refractivity contribution is 5.90. The Bertz CT molecular complexity index is 370. The second-order valence-corrected chi connectivity index (χ2v) is 3.85. The molecular weight excluding hydrogens is 224 g/mol. The van der Waals surface area contributed by atoms with Crippen LogP contribution in [0.3, 0.4) is 0 Å². The quantitative estimate of drug-likeness (QED) is 0.648. The van der Waals surface area contributed by atoms with Gasteiger partial charge in [-0.05, 0) is 37.8 Å². The van der Waals surface area contributed by atoms with Crippen LogP contribution in [-0.2, 0) is 9.47 Å². The number of carbonyl (C=O) groups is 2. The number of hydrogen-bond donors (Lipinski definition) is 0. The minimum Gasteiger partial charge on any atom is -0.460 e. The zero-order valence-corrected chi connectivity index (χ0v) is 9.44. The molecule has 1 aliphatic rings. The van der Waals surface area contributed by atoms with Crippen molar-refractivity contribution in [2.24, 2.45) is 0 Å². The molecule has 0 N–H and O–H groups in total. The molecule has 92 valence electrons. The van der Waals surface area contributed by atoms with Gasteiger partial charge in [0.1, 0.15) is 0 Å². The van der Waals surface area contributed by atoms with E-state index in [1.807, 2.05) is 0 Å². The molecule has 0 amide bonds. The highest BCUT2D eigenvalue weighted by atomic mass is 16.6. The summed E-state index contributed by atoms with van der Waals surface area (Å²) in [4.78, 5) is 23.0. The maximum atomic E-state index is 11.5. The third-order valence-corrected chi connectivity index (χ3v) is 2.51. The predicted octanol–water partition coefficient (Wildman–Crippen LogP) is 2.17. The lowest BCUT2D eigenvalue weighted by atomic mass is 10.2. The Morgan fingerprint density at radius 3 is 1.71 bits per heavy atom. The van der Waals surface area contributed by atoms with Crippen molar-refractivity contribution in [3.8, 4) is 0 Å². The fraction of sp³-hybridized carbons (Fsp3) is 0.500. The molecule has 2 heterocycles. The number of cyclic esters (lactones) is 2. The van der Waals surface area contributed by atoms with Crippen molar-refractivity contribution >= 4 is 11.9 Å². The Morgan fingerprint density at radius 2 is 1.24 bits per heavy atom. The molecule has 2 bridgehead atoms. The predicted molar refractivity (Wildman–Crippen MR) is 57.7 cm³/mol. The van der Waals surface area contributed by atoms with Gasteiger partial charge in [-0.15, -0.1) is 0 Å². The molecule has 0 fully saturated rings. The van der Waals surface area contributed by atoms with E-state index in [9.17, 15) is 9.59 Å². The van der Waals surface area contributed by atoms with Crippen LogP contribution in [0.1, 0.15) is 46.8 Å². The van der Waals surface area contributed by atoms with Gasteiger partial charge in [0.15, 0.2) is 0 Å². The van der Waals surface area contributed by atoms with Crippen LogP contribution < -0.4 is 0 Å². The van der Waals surface area contributed by atoms with Crippen molar-refractivity contribution < 1.29 is 23.5 Å². The lowest BCUT2D eigenvalue weighted by Crippen LogP contribution is -2.05. The molecular formula is C12H14O5. The summed E-state index contributed by atoms with van der Waals surface area (Å²) in [6, 6.07) is 2.84. The van der Waals surface area contributed by atoms with Crippen molar-refractivity contribution in [2.45, 2.75) is 25.7 Å². The Labute approximate surface area is 98.7 Å². The van der Waals surface area contributed by atoms with Crippen LogP contribution in [0, 0.1) is 0 Å². The lowest BCUT2D eigenvalue weighted by Gasteiger charge is -2.02. The van der Waals surface area contributed by atoms with Gasteiger partial charge in [-0.2, -0.15) is 0 Å². The number of hydrogen-bond acceptors (Lipinski definition) is 5. The van der Waals surface area contributed by atoms with E-state index in [1.54, 1.807) is 0 Å². The standard InChI is InChI=1S/C12H14O5/c13-11-9-5-6-10(17-9)12(14)16-8-4-2-1-3-7-15-11/h5-6H,1-4,7-8H2. The van der Waals surface area contributed by atoms with E-state index in [2.05, 4.69) is 0 Å². The molecule has 0 aliphatic carbocycles. The number of rotatable bonds is 0. The Kier molecular flexibility index (Phi) is 3.80. The first-order chi connectivity index (χ1) is 8.27. The first-order valence-electron chi connectivity index (χ1n) is 5.71. The average molecular weight is 238 g/mol. The van der Waals surface area contributed by atoms with Gasteiger partial charge in [-0.3, -0.25) is 0 Å². The largest absolute Gasteiger partial charge is 0.460 e. The monoisotopic (exact) mass is 238 g/mol. The number of esters is 2. The maximum absolute atomic E-state index is 11.5. The summed E-state index contributed by atoms with van der Waals surface area (Å²) in [5.74, 6) is -1.00. The molecule has 5 heteroatoms. The molecule has 0 aromatic carbocycles. The van der Waals surface area contributed by atoms with E-state index in [0.717, 1.165) is 25.7 Å². The van der Waals surface area contributed by atoms with Gasteiger partial charge < -0.3 is 13.9 Å². The first-order valence-corrected chi connectivity index (χ1v) is 5.71. The van der Waals surface area contributed by atoms with E-state index in [-0.39, 0.29) is 11.5 Å². The van der Waals surface area contributed by atoms with E-state index in [0.29, 0.717) is 13.2 Å². The van der Waals surface area contributed by atoms with Gasteiger partial charge >= 0.3 is 11.9 Å². The number of furan rings is 1. The van der Waals surface area contributed by atoms with Crippen molar-refractivity contribution in [1.29, 1.82) is 0 Å². The zero-order valence-electron chi connectivity index (χ0n) is 9.44. The molecule has 1 aliphatic heterocycles. The summed E-state index contributed by atoms with van der Waals surface area (Å²) in [7, 11) is 0. The molecule has 5 nitrogen and oxygen atoms in total. The van der Waals surface area contributed by atoms with Crippen LogP contribution in [0.25, 0.3) is 0 Å². The normalized spacial score (nSPS) is 18.4. The van der Waals surface area contributed by atoms with Crippen LogP contribution in [0.4, 0.5) is 0 Å². The summed E-state index contributed by atoms with van der Waals surface area (Å²) >= 11 is 0. The fourth-order valence-electron chi connectivity index (χ4n) is 1.59. The molecule has 0 spiro atoms. The number of carbonyl (C=O) groups excluding carboxylic acids is 2. The van der Waals surface area contributed by atoms with Crippen LogP contribution >= 0.6 is 0 Å². The van der Waals surface area contributed by atoms with Gasteiger partial charge in [0.2, 0.25) is 11.5 Å². The Hall–Kier alpha value is -1.78. The zero-order chi connectivity index (χ0) is 12.1. The van der Waals surface area contributed by atoms with Crippen LogP contribution in [0.15, 0.2) is 16.5 Å².